The van der Waals surface area contributed by atoms with Gasteiger partial charge in [0.25, 0.3) is 0 Å². The minimum atomic E-state index is 0.0395. The molecule has 1 rings (SSSR count). The molecule has 0 saturated heterocycles. The number of thioether (sulfide) groups is 1. The molecular formula is C12H19N2S. The Morgan fingerprint density at radius 1 is 1.27 bits per heavy atom. The predicted octanol–water partition coefficient (Wildman–Crippen LogP) is 2.38. The molecular weight excluding hydrogens is 204 g/mol. The highest BCUT2D eigenvalue weighted by Gasteiger charge is 2.04. The molecule has 15 heavy (non-hydrogen) atoms. The Labute approximate surface area is 96.8 Å². The molecule has 1 atom stereocenters. The second-order valence-corrected chi connectivity index (χ2v) is 5.01. The molecule has 0 saturated carbocycles. The summed E-state index contributed by atoms with van der Waals surface area (Å²) in [6.07, 6.45) is 0.951. The summed E-state index contributed by atoms with van der Waals surface area (Å²) in [4.78, 5) is 3.40. The lowest BCUT2D eigenvalue weighted by molar-refractivity contribution is 0.385. The first-order valence-electron chi connectivity index (χ1n) is 5.22. The van der Waals surface area contributed by atoms with Crippen molar-refractivity contribution in [2.75, 3.05) is 26.4 Å². The minimum absolute atomic E-state index is 0.0395. The van der Waals surface area contributed by atoms with Crippen LogP contribution in [-0.2, 0) is 0 Å². The fourth-order valence-electron chi connectivity index (χ4n) is 1.21. The number of rotatable bonds is 6. The maximum Gasteiger partial charge on any atom is 0.0319 e. The topological polar surface area (TPSA) is 27.0 Å². The molecule has 0 aromatic heterocycles. The van der Waals surface area contributed by atoms with Gasteiger partial charge in [0.15, 0.2) is 0 Å². The third-order valence-corrected chi connectivity index (χ3v) is 3.29. The first-order chi connectivity index (χ1) is 7.18. The van der Waals surface area contributed by atoms with Crippen molar-refractivity contribution < 1.29 is 0 Å². The Morgan fingerprint density at radius 2 is 1.93 bits per heavy atom. The standard InChI is InChI=1S/C12H19N2S/c1-14(2)9-8-11(13)10-15-12-6-4-3-5-7-12/h3-7,11,13H,8-10H2,1-2H3. The molecule has 0 amide bonds. The number of hydrogen-bond donors (Lipinski definition) is 0. The molecule has 0 aliphatic carbocycles. The van der Waals surface area contributed by atoms with Gasteiger partial charge in [0.05, 0.1) is 0 Å². The third kappa shape index (κ3) is 5.82. The van der Waals surface area contributed by atoms with Gasteiger partial charge in [0, 0.05) is 16.7 Å². The summed E-state index contributed by atoms with van der Waals surface area (Å²) in [7, 11) is 4.11. The average Bonchev–Trinajstić information content (AvgIpc) is 2.25. The Kier molecular flexibility index (Phi) is 5.76. The maximum atomic E-state index is 7.87. The van der Waals surface area contributed by atoms with Crippen LogP contribution in [0.25, 0.3) is 0 Å². The van der Waals surface area contributed by atoms with Crippen LogP contribution >= 0.6 is 11.8 Å². The van der Waals surface area contributed by atoms with Gasteiger partial charge in [-0.1, -0.05) is 18.2 Å². The van der Waals surface area contributed by atoms with Gasteiger partial charge in [-0.05, 0) is 39.2 Å². The Bertz CT molecular complexity index is 262. The molecule has 0 heterocycles. The van der Waals surface area contributed by atoms with Gasteiger partial charge in [-0.25, -0.2) is 0 Å². The SMILES string of the molecule is CN(C)CCC([NH])CSc1ccccc1. The highest BCUT2D eigenvalue weighted by molar-refractivity contribution is 7.99. The summed E-state index contributed by atoms with van der Waals surface area (Å²) in [5.74, 6) is 0.887. The fraction of sp³-hybridized carbons (Fsp3) is 0.500. The molecule has 0 aliphatic heterocycles. The number of nitrogens with zero attached hydrogens (tertiary/aromatic N) is 1. The van der Waals surface area contributed by atoms with Gasteiger partial charge in [-0.3, -0.25) is 5.73 Å². The maximum absolute atomic E-state index is 7.87. The highest BCUT2D eigenvalue weighted by atomic mass is 32.2. The van der Waals surface area contributed by atoms with E-state index in [1.807, 2.05) is 18.2 Å². The van der Waals surface area contributed by atoms with Gasteiger partial charge >= 0.3 is 0 Å². The largest absolute Gasteiger partial charge is 0.309 e. The molecule has 83 valence electrons. The van der Waals surface area contributed by atoms with Crippen molar-refractivity contribution in [3.63, 3.8) is 0 Å². The number of nitrogens with one attached hydrogen (secondary N) is 1. The van der Waals surface area contributed by atoms with Crippen LogP contribution in [0.4, 0.5) is 0 Å². The summed E-state index contributed by atoms with van der Waals surface area (Å²) < 4.78 is 0. The van der Waals surface area contributed by atoms with E-state index in [4.69, 9.17) is 5.73 Å². The first-order valence-corrected chi connectivity index (χ1v) is 6.20. The smallest absolute Gasteiger partial charge is 0.0319 e. The monoisotopic (exact) mass is 223 g/mol. The Hall–Kier alpha value is -0.510. The summed E-state index contributed by atoms with van der Waals surface area (Å²) >= 11 is 1.77. The van der Waals surface area contributed by atoms with E-state index in [9.17, 15) is 0 Å². The molecule has 1 aromatic rings. The molecule has 1 aromatic carbocycles. The molecule has 2 nitrogen and oxygen atoms in total. The van der Waals surface area contributed by atoms with Crippen LogP contribution in [0.15, 0.2) is 35.2 Å². The molecule has 1 N–H and O–H groups in total. The van der Waals surface area contributed by atoms with Crippen LogP contribution in [0.1, 0.15) is 6.42 Å². The van der Waals surface area contributed by atoms with Crippen molar-refractivity contribution in [1.82, 2.24) is 10.6 Å². The summed E-state index contributed by atoms with van der Waals surface area (Å²) in [6.45, 7) is 1.00. The van der Waals surface area contributed by atoms with Crippen molar-refractivity contribution in [3.05, 3.63) is 30.3 Å². The van der Waals surface area contributed by atoms with Gasteiger partial charge in [-0.2, -0.15) is 0 Å². The summed E-state index contributed by atoms with van der Waals surface area (Å²) in [6, 6.07) is 10.3. The van der Waals surface area contributed by atoms with Crippen molar-refractivity contribution in [2.45, 2.75) is 17.4 Å². The zero-order valence-electron chi connectivity index (χ0n) is 9.44. The Morgan fingerprint density at radius 3 is 2.53 bits per heavy atom. The number of benzene rings is 1. The zero-order chi connectivity index (χ0) is 11.1. The van der Waals surface area contributed by atoms with Crippen LogP contribution in [0.5, 0.6) is 0 Å². The lowest BCUT2D eigenvalue weighted by Gasteiger charge is -2.13. The molecule has 0 aliphatic rings. The van der Waals surface area contributed by atoms with Crippen LogP contribution in [0.3, 0.4) is 0 Å². The summed E-state index contributed by atoms with van der Waals surface area (Å²) in [5, 5.41) is 0. The van der Waals surface area contributed by atoms with Crippen molar-refractivity contribution >= 4 is 11.8 Å². The van der Waals surface area contributed by atoms with Crippen molar-refractivity contribution in [3.8, 4) is 0 Å². The summed E-state index contributed by atoms with van der Waals surface area (Å²) in [5.41, 5.74) is 7.87. The van der Waals surface area contributed by atoms with E-state index in [2.05, 4.69) is 31.1 Å². The fourth-order valence-corrected chi connectivity index (χ4v) is 2.12. The highest BCUT2D eigenvalue weighted by Crippen LogP contribution is 2.18. The van der Waals surface area contributed by atoms with Crippen LogP contribution < -0.4 is 5.73 Å². The van der Waals surface area contributed by atoms with Crippen LogP contribution in [0, 0.1) is 0 Å². The minimum Gasteiger partial charge on any atom is -0.309 e. The molecule has 0 bridgehead atoms. The van der Waals surface area contributed by atoms with E-state index >= 15 is 0 Å². The van der Waals surface area contributed by atoms with E-state index in [0.29, 0.717) is 0 Å². The molecule has 1 radical (unpaired) electrons. The second kappa shape index (κ2) is 6.88. The zero-order valence-corrected chi connectivity index (χ0v) is 10.3. The van der Waals surface area contributed by atoms with E-state index < -0.39 is 0 Å². The van der Waals surface area contributed by atoms with Gasteiger partial charge < -0.3 is 4.90 Å². The van der Waals surface area contributed by atoms with Gasteiger partial charge in [0.1, 0.15) is 0 Å². The van der Waals surface area contributed by atoms with E-state index in [1.54, 1.807) is 11.8 Å². The van der Waals surface area contributed by atoms with Gasteiger partial charge in [-0.15, -0.1) is 11.8 Å². The quantitative estimate of drug-likeness (QED) is 0.692. The lowest BCUT2D eigenvalue weighted by Crippen LogP contribution is -2.21. The van der Waals surface area contributed by atoms with Gasteiger partial charge in [0.2, 0.25) is 0 Å². The van der Waals surface area contributed by atoms with E-state index in [1.165, 1.54) is 4.90 Å². The van der Waals surface area contributed by atoms with E-state index in [-0.39, 0.29) is 6.04 Å². The van der Waals surface area contributed by atoms with Crippen LogP contribution in [-0.4, -0.2) is 37.3 Å². The predicted molar refractivity (Wildman–Crippen MR) is 67.2 cm³/mol. The lowest BCUT2D eigenvalue weighted by atomic mass is 10.2. The normalized spacial score (nSPS) is 13.1. The second-order valence-electron chi connectivity index (χ2n) is 3.91. The van der Waals surface area contributed by atoms with Crippen LogP contribution in [0.2, 0.25) is 0 Å². The van der Waals surface area contributed by atoms with E-state index in [0.717, 1.165) is 18.7 Å². The molecule has 3 heteroatoms. The first kappa shape index (κ1) is 12.6. The van der Waals surface area contributed by atoms with Crippen molar-refractivity contribution in [2.24, 2.45) is 0 Å². The molecule has 1 unspecified atom stereocenters. The van der Waals surface area contributed by atoms with Crippen molar-refractivity contribution in [1.29, 1.82) is 0 Å². The number of hydrogen-bond acceptors (Lipinski definition) is 2. The third-order valence-electron chi connectivity index (χ3n) is 2.12. The molecule has 0 spiro atoms. The Balaban J connectivity index is 2.19. The average molecular weight is 223 g/mol. The molecule has 0 fully saturated rings.